The van der Waals surface area contributed by atoms with E-state index < -0.39 is 0 Å². The summed E-state index contributed by atoms with van der Waals surface area (Å²) in [7, 11) is 1.83. The molecule has 4 heterocycles. The van der Waals surface area contributed by atoms with Crippen LogP contribution in [0.2, 0.25) is 0 Å². The lowest BCUT2D eigenvalue weighted by Gasteiger charge is -2.08. The van der Waals surface area contributed by atoms with Crippen LogP contribution in [0.4, 0.5) is 0 Å². The van der Waals surface area contributed by atoms with Crippen molar-refractivity contribution < 1.29 is 9.26 Å². The van der Waals surface area contributed by atoms with Gasteiger partial charge in [-0.15, -0.1) is 0 Å². The zero-order chi connectivity index (χ0) is 23.3. The van der Waals surface area contributed by atoms with Crippen molar-refractivity contribution in [3.05, 3.63) is 101 Å². The molecule has 170 valence electrons. The van der Waals surface area contributed by atoms with Gasteiger partial charge in [-0.2, -0.15) is 10.2 Å². The second-order valence-electron chi connectivity index (χ2n) is 7.69. The van der Waals surface area contributed by atoms with Gasteiger partial charge in [0.25, 0.3) is 0 Å². The van der Waals surface area contributed by atoms with Crippen molar-refractivity contribution in [3.8, 4) is 22.8 Å². The third-order valence-corrected chi connectivity index (χ3v) is 5.16. The molecule has 5 rings (SSSR count). The first-order valence-corrected chi connectivity index (χ1v) is 10.6. The van der Waals surface area contributed by atoms with Crippen molar-refractivity contribution in [1.29, 1.82) is 0 Å². The van der Waals surface area contributed by atoms with E-state index in [4.69, 9.17) is 9.26 Å². The van der Waals surface area contributed by atoms with E-state index in [0.717, 1.165) is 22.4 Å². The summed E-state index contributed by atoms with van der Waals surface area (Å²) in [5.41, 5.74) is 3.86. The van der Waals surface area contributed by atoms with Gasteiger partial charge in [0.2, 0.25) is 5.43 Å². The van der Waals surface area contributed by atoms with Gasteiger partial charge in [0.05, 0.1) is 37.6 Å². The standard InChI is InChI=1S/C24H21N7O3/c1-30-15-20(12-27-30)31-7-5-23(32)22(29-31)10-17-3-2-4-19(9-17)24-25-13-21(14-26-24)33-8-6-18-11-28-34-16-18/h2-5,7,9,11-16H,6,8,10H2,1H3. The van der Waals surface area contributed by atoms with E-state index in [1.165, 1.54) is 6.07 Å². The largest absolute Gasteiger partial charge is 0.490 e. The first kappa shape index (κ1) is 21.3. The number of ether oxygens (including phenoxy) is 1. The molecular weight excluding hydrogens is 434 g/mol. The molecule has 0 atom stereocenters. The fourth-order valence-corrected chi connectivity index (χ4v) is 3.43. The Morgan fingerprint density at radius 3 is 2.71 bits per heavy atom. The Morgan fingerprint density at radius 1 is 1.06 bits per heavy atom. The van der Waals surface area contributed by atoms with E-state index in [0.29, 0.717) is 36.7 Å². The van der Waals surface area contributed by atoms with E-state index in [9.17, 15) is 4.79 Å². The van der Waals surface area contributed by atoms with E-state index in [1.54, 1.807) is 46.6 Å². The van der Waals surface area contributed by atoms with Crippen molar-refractivity contribution in [1.82, 2.24) is 34.7 Å². The molecule has 0 aliphatic rings. The van der Waals surface area contributed by atoms with Crippen LogP contribution in [0.25, 0.3) is 17.1 Å². The summed E-state index contributed by atoms with van der Waals surface area (Å²) < 4.78 is 13.8. The molecule has 0 aliphatic heterocycles. The number of rotatable bonds is 8. The molecule has 0 unspecified atom stereocenters. The summed E-state index contributed by atoms with van der Waals surface area (Å²) in [6, 6.07) is 9.28. The highest BCUT2D eigenvalue weighted by Crippen LogP contribution is 2.19. The second-order valence-corrected chi connectivity index (χ2v) is 7.69. The highest BCUT2D eigenvalue weighted by atomic mass is 16.5. The summed E-state index contributed by atoms with van der Waals surface area (Å²) in [5.74, 6) is 1.16. The average molecular weight is 455 g/mol. The average Bonchev–Trinajstić information content (AvgIpc) is 3.53. The lowest BCUT2D eigenvalue weighted by Crippen LogP contribution is -2.16. The molecule has 0 spiro atoms. The fraction of sp³-hybridized carbons (Fsp3) is 0.167. The maximum Gasteiger partial charge on any atom is 0.203 e. The first-order valence-electron chi connectivity index (χ1n) is 10.6. The number of benzene rings is 1. The Labute approximate surface area is 194 Å². The lowest BCUT2D eigenvalue weighted by atomic mass is 10.1. The van der Waals surface area contributed by atoms with Gasteiger partial charge in [0.15, 0.2) is 11.6 Å². The fourth-order valence-electron chi connectivity index (χ4n) is 3.43. The molecule has 4 aromatic heterocycles. The molecule has 0 fully saturated rings. The zero-order valence-corrected chi connectivity index (χ0v) is 18.4. The molecule has 0 bridgehead atoms. The monoisotopic (exact) mass is 455 g/mol. The maximum absolute atomic E-state index is 12.4. The van der Waals surface area contributed by atoms with Crippen LogP contribution in [0.15, 0.2) is 83.1 Å². The Hall–Kier alpha value is -4.60. The van der Waals surface area contributed by atoms with Crippen molar-refractivity contribution >= 4 is 0 Å². The molecule has 0 radical (unpaired) electrons. The molecule has 0 saturated heterocycles. The minimum atomic E-state index is -0.116. The minimum absolute atomic E-state index is 0.116. The lowest BCUT2D eigenvalue weighted by molar-refractivity contribution is 0.318. The number of aromatic nitrogens is 7. The first-order chi connectivity index (χ1) is 16.6. The van der Waals surface area contributed by atoms with Gasteiger partial charge in [0, 0.05) is 43.3 Å². The van der Waals surface area contributed by atoms with Gasteiger partial charge in [-0.25, -0.2) is 14.6 Å². The molecule has 5 aromatic rings. The smallest absolute Gasteiger partial charge is 0.203 e. The third kappa shape index (κ3) is 4.90. The predicted octanol–water partition coefficient (Wildman–Crippen LogP) is 2.62. The predicted molar refractivity (Wildman–Crippen MR) is 123 cm³/mol. The van der Waals surface area contributed by atoms with E-state index in [-0.39, 0.29) is 5.43 Å². The molecule has 34 heavy (non-hydrogen) atoms. The molecule has 0 amide bonds. The molecule has 0 N–H and O–H groups in total. The molecule has 1 aromatic carbocycles. The van der Waals surface area contributed by atoms with Gasteiger partial charge < -0.3 is 9.26 Å². The minimum Gasteiger partial charge on any atom is -0.490 e. The van der Waals surface area contributed by atoms with Gasteiger partial charge >= 0.3 is 0 Å². The van der Waals surface area contributed by atoms with Crippen LogP contribution >= 0.6 is 0 Å². The van der Waals surface area contributed by atoms with E-state index in [2.05, 4.69) is 25.3 Å². The van der Waals surface area contributed by atoms with Crippen molar-refractivity contribution in [3.63, 3.8) is 0 Å². The SMILES string of the molecule is Cn1cc(-n2ccc(=O)c(Cc3cccc(-c4ncc(OCCc5cnoc5)cn4)c3)n2)cn1. The number of aryl methyl sites for hydroxylation is 1. The van der Waals surface area contributed by atoms with Crippen LogP contribution < -0.4 is 10.2 Å². The number of nitrogens with zero attached hydrogens (tertiary/aromatic N) is 7. The van der Waals surface area contributed by atoms with Crippen molar-refractivity contribution in [2.45, 2.75) is 12.8 Å². The molecule has 0 saturated carbocycles. The highest BCUT2D eigenvalue weighted by Gasteiger charge is 2.09. The zero-order valence-electron chi connectivity index (χ0n) is 18.4. The highest BCUT2D eigenvalue weighted by molar-refractivity contribution is 5.56. The summed E-state index contributed by atoms with van der Waals surface area (Å²) in [4.78, 5) is 21.3. The maximum atomic E-state index is 12.4. The summed E-state index contributed by atoms with van der Waals surface area (Å²) in [6.45, 7) is 0.472. The van der Waals surface area contributed by atoms with Crippen LogP contribution in [0.1, 0.15) is 16.8 Å². The van der Waals surface area contributed by atoms with Crippen LogP contribution in [0, 0.1) is 0 Å². The Bertz CT molecular complexity index is 1440. The number of hydrogen-bond donors (Lipinski definition) is 0. The van der Waals surface area contributed by atoms with E-state index >= 15 is 0 Å². The van der Waals surface area contributed by atoms with Crippen molar-refractivity contribution in [2.24, 2.45) is 7.05 Å². The van der Waals surface area contributed by atoms with Gasteiger partial charge in [-0.1, -0.05) is 23.4 Å². The van der Waals surface area contributed by atoms with Crippen LogP contribution in [0.3, 0.4) is 0 Å². The normalized spacial score (nSPS) is 11.0. The van der Waals surface area contributed by atoms with Crippen molar-refractivity contribution in [2.75, 3.05) is 6.61 Å². The number of hydrogen-bond acceptors (Lipinski definition) is 8. The topological polar surface area (TPSA) is 114 Å². The van der Waals surface area contributed by atoms with Gasteiger partial charge in [-0.3, -0.25) is 9.48 Å². The van der Waals surface area contributed by atoms with Crippen LogP contribution in [-0.4, -0.2) is 41.3 Å². The third-order valence-electron chi connectivity index (χ3n) is 5.16. The molecule has 10 heteroatoms. The molecular formula is C24H21N7O3. The molecule has 10 nitrogen and oxygen atoms in total. The molecule has 0 aliphatic carbocycles. The Balaban J connectivity index is 1.29. The van der Waals surface area contributed by atoms with Gasteiger partial charge in [-0.05, 0) is 11.6 Å². The quantitative estimate of drug-likeness (QED) is 0.351. The summed E-state index contributed by atoms with van der Waals surface area (Å²) in [6.07, 6.45) is 12.8. The summed E-state index contributed by atoms with van der Waals surface area (Å²) >= 11 is 0. The Morgan fingerprint density at radius 2 is 1.94 bits per heavy atom. The Kier molecular flexibility index (Phi) is 5.93. The van der Waals surface area contributed by atoms with Gasteiger partial charge in [0.1, 0.15) is 17.6 Å². The van der Waals surface area contributed by atoms with E-state index in [1.807, 2.05) is 37.5 Å². The van der Waals surface area contributed by atoms with Crippen LogP contribution in [-0.2, 0) is 19.9 Å². The summed E-state index contributed by atoms with van der Waals surface area (Å²) in [5, 5.41) is 12.3. The second kappa shape index (κ2) is 9.49. The van der Waals surface area contributed by atoms with Crippen LogP contribution in [0.5, 0.6) is 5.75 Å².